The standard InChI is InChI=1S/C16H24N2OS/c1-13(20-11-14-7-3-2-4-8-14)15(19)18-16(12-17)9-5-6-10-16/h2-4,7-8,13H,5-6,9-12,17H2,1H3,(H,18,19). The van der Waals surface area contributed by atoms with Gasteiger partial charge in [-0.3, -0.25) is 4.79 Å². The highest BCUT2D eigenvalue weighted by Crippen LogP contribution is 2.29. The van der Waals surface area contributed by atoms with Crippen LogP contribution in [0.2, 0.25) is 0 Å². The SMILES string of the molecule is CC(SCc1ccccc1)C(=O)NC1(CN)CCCC1. The number of thioether (sulfide) groups is 1. The molecule has 1 saturated carbocycles. The van der Waals surface area contributed by atoms with Gasteiger partial charge in [0.1, 0.15) is 0 Å². The molecule has 1 aliphatic carbocycles. The third-order valence-electron chi connectivity index (χ3n) is 4.05. The molecule has 1 aliphatic rings. The van der Waals surface area contributed by atoms with E-state index in [1.54, 1.807) is 11.8 Å². The molecule has 0 radical (unpaired) electrons. The van der Waals surface area contributed by atoms with Crippen LogP contribution < -0.4 is 11.1 Å². The summed E-state index contributed by atoms with van der Waals surface area (Å²) >= 11 is 1.68. The summed E-state index contributed by atoms with van der Waals surface area (Å²) < 4.78 is 0. The van der Waals surface area contributed by atoms with Crippen LogP contribution in [-0.4, -0.2) is 23.2 Å². The second kappa shape index (κ2) is 7.14. The fourth-order valence-electron chi connectivity index (χ4n) is 2.67. The minimum absolute atomic E-state index is 0.0424. The molecule has 1 aromatic carbocycles. The fourth-order valence-corrected chi connectivity index (χ4v) is 3.51. The van der Waals surface area contributed by atoms with Crippen LogP contribution in [0.3, 0.4) is 0 Å². The Kier molecular flexibility index (Phi) is 5.49. The second-order valence-electron chi connectivity index (χ2n) is 5.62. The lowest BCUT2D eigenvalue weighted by atomic mass is 9.98. The summed E-state index contributed by atoms with van der Waals surface area (Å²) in [6.45, 7) is 2.52. The van der Waals surface area contributed by atoms with E-state index in [1.165, 1.54) is 18.4 Å². The molecule has 0 aliphatic heterocycles. The number of amides is 1. The molecule has 1 unspecified atom stereocenters. The van der Waals surface area contributed by atoms with E-state index in [4.69, 9.17) is 5.73 Å². The van der Waals surface area contributed by atoms with Crippen molar-refractivity contribution in [3.05, 3.63) is 35.9 Å². The first-order chi connectivity index (χ1) is 9.65. The van der Waals surface area contributed by atoms with Crippen molar-refractivity contribution < 1.29 is 4.79 Å². The first kappa shape index (κ1) is 15.4. The Bertz CT molecular complexity index is 429. The molecule has 0 spiro atoms. The summed E-state index contributed by atoms with van der Waals surface area (Å²) in [6.07, 6.45) is 4.38. The monoisotopic (exact) mass is 292 g/mol. The Morgan fingerprint density at radius 1 is 1.35 bits per heavy atom. The average molecular weight is 292 g/mol. The van der Waals surface area contributed by atoms with Crippen molar-refractivity contribution in [1.29, 1.82) is 0 Å². The van der Waals surface area contributed by atoms with E-state index in [2.05, 4.69) is 17.4 Å². The van der Waals surface area contributed by atoms with E-state index in [9.17, 15) is 4.79 Å². The van der Waals surface area contributed by atoms with Gasteiger partial charge in [-0.15, -0.1) is 11.8 Å². The van der Waals surface area contributed by atoms with E-state index in [1.807, 2.05) is 25.1 Å². The van der Waals surface area contributed by atoms with Crippen LogP contribution in [0, 0.1) is 0 Å². The van der Waals surface area contributed by atoms with Crippen LogP contribution in [0.4, 0.5) is 0 Å². The molecular formula is C16H24N2OS. The van der Waals surface area contributed by atoms with Gasteiger partial charge < -0.3 is 11.1 Å². The van der Waals surface area contributed by atoms with E-state index in [0.29, 0.717) is 6.54 Å². The highest BCUT2D eigenvalue weighted by atomic mass is 32.2. The van der Waals surface area contributed by atoms with Gasteiger partial charge in [-0.2, -0.15) is 0 Å². The number of hydrogen-bond acceptors (Lipinski definition) is 3. The summed E-state index contributed by atoms with van der Waals surface area (Å²) in [6, 6.07) is 10.3. The van der Waals surface area contributed by atoms with Crippen molar-refractivity contribution in [3.8, 4) is 0 Å². The predicted octanol–water partition coefficient (Wildman–Crippen LogP) is 2.70. The van der Waals surface area contributed by atoms with Crippen molar-refractivity contribution in [2.45, 2.75) is 49.1 Å². The largest absolute Gasteiger partial charge is 0.348 e. The molecule has 2 rings (SSSR count). The number of carbonyl (C=O) groups is 1. The van der Waals surface area contributed by atoms with Crippen LogP contribution in [0.5, 0.6) is 0 Å². The van der Waals surface area contributed by atoms with Crippen molar-refractivity contribution in [2.24, 2.45) is 5.73 Å². The smallest absolute Gasteiger partial charge is 0.233 e. The number of hydrogen-bond donors (Lipinski definition) is 2. The highest BCUT2D eigenvalue weighted by molar-refractivity contribution is 7.99. The topological polar surface area (TPSA) is 55.1 Å². The zero-order valence-corrected chi connectivity index (χ0v) is 12.9. The van der Waals surface area contributed by atoms with Gasteiger partial charge in [0.2, 0.25) is 5.91 Å². The van der Waals surface area contributed by atoms with Crippen molar-refractivity contribution in [1.82, 2.24) is 5.32 Å². The van der Waals surface area contributed by atoms with Gasteiger partial charge in [-0.25, -0.2) is 0 Å². The lowest BCUT2D eigenvalue weighted by molar-refractivity contribution is -0.122. The van der Waals surface area contributed by atoms with Gasteiger partial charge in [0.25, 0.3) is 0 Å². The first-order valence-corrected chi connectivity index (χ1v) is 8.38. The van der Waals surface area contributed by atoms with Crippen molar-refractivity contribution >= 4 is 17.7 Å². The molecule has 110 valence electrons. The van der Waals surface area contributed by atoms with Gasteiger partial charge in [0.05, 0.1) is 10.8 Å². The molecule has 1 atom stereocenters. The number of rotatable bonds is 6. The van der Waals surface area contributed by atoms with E-state index < -0.39 is 0 Å². The normalized spacial score (nSPS) is 18.7. The molecule has 20 heavy (non-hydrogen) atoms. The third-order valence-corrected chi connectivity index (χ3v) is 5.27. The predicted molar refractivity (Wildman–Crippen MR) is 85.6 cm³/mol. The number of nitrogens with two attached hydrogens (primary N) is 1. The maximum absolute atomic E-state index is 12.3. The number of nitrogens with one attached hydrogen (secondary N) is 1. The molecule has 0 aromatic heterocycles. The third kappa shape index (κ3) is 4.00. The van der Waals surface area contributed by atoms with Crippen LogP contribution in [0.1, 0.15) is 38.2 Å². The molecule has 4 heteroatoms. The molecule has 0 heterocycles. The van der Waals surface area contributed by atoms with Crippen LogP contribution in [0.15, 0.2) is 30.3 Å². The maximum atomic E-state index is 12.3. The van der Waals surface area contributed by atoms with E-state index in [-0.39, 0.29) is 16.7 Å². The lowest BCUT2D eigenvalue weighted by Crippen LogP contribution is -2.53. The number of benzene rings is 1. The molecule has 3 nitrogen and oxygen atoms in total. The number of carbonyl (C=O) groups excluding carboxylic acids is 1. The van der Waals surface area contributed by atoms with Crippen LogP contribution in [-0.2, 0) is 10.5 Å². The van der Waals surface area contributed by atoms with Gasteiger partial charge in [0, 0.05) is 12.3 Å². The van der Waals surface area contributed by atoms with Crippen LogP contribution in [0.25, 0.3) is 0 Å². The molecule has 1 fully saturated rings. The van der Waals surface area contributed by atoms with Crippen LogP contribution >= 0.6 is 11.8 Å². The minimum atomic E-state index is -0.140. The zero-order valence-electron chi connectivity index (χ0n) is 12.1. The maximum Gasteiger partial charge on any atom is 0.233 e. The highest BCUT2D eigenvalue weighted by Gasteiger charge is 2.34. The first-order valence-electron chi connectivity index (χ1n) is 7.33. The Hall–Kier alpha value is -1.00. The quantitative estimate of drug-likeness (QED) is 0.847. The molecule has 0 bridgehead atoms. The molecule has 3 N–H and O–H groups in total. The average Bonchev–Trinajstić information content (AvgIpc) is 2.95. The van der Waals surface area contributed by atoms with E-state index in [0.717, 1.165) is 18.6 Å². The minimum Gasteiger partial charge on any atom is -0.348 e. The summed E-state index contributed by atoms with van der Waals surface area (Å²) in [7, 11) is 0. The van der Waals surface area contributed by atoms with Crippen molar-refractivity contribution in [2.75, 3.05) is 6.54 Å². The Balaban J connectivity index is 1.83. The molecule has 1 amide bonds. The van der Waals surface area contributed by atoms with Crippen molar-refractivity contribution in [3.63, 3.8) is 0 Å². The Morgan fingerprint density at radius 2 is 2.00 bits per heavy atom. The van der Waals surface area contributed by atoms with Gasteiger partial charge in [0.15, 0.2) is 0 Å². The molecular weight excluding hydrogens is 268 g/mol. The van der Waals surface area contributed by atoms with E-state index >= 15 is 0 Å². The van der Waals surface area contributed by atoms with Gasteiger partial charge >= 0.3 is 0 Å². The van der Waals surface area contributed by atoms with Gasteiger partial charge in [-0.1, -0.05) is 43.2 Å². The summed E-state index contributed by atoms with van der Waals surface area (Å²) in [5.41, 5.74) is 6.98. The second-order valence-corrected chi connectivity index (χ2v) is 6.95. The summed E-state index contributed by atoms with van der Waals surface area (Å²) in [4.78, 5) is 12.3. The summed E-state index contributed by atoms with van der Waals surface area (Å²) in [5.74, 6) is 0.990. The Labute approximate surface area is 125 Å². The lowest BCUT2D eigenvalue weighted by Gasteiger charge is -2.30. The zero-order chi connectivity index (χ0) is 14.4. The van der Waals surface area contributed by atoms with Gasteiger partial charge in [-0.05, 0) is 25.3 Å². The fraction of sp³-hybridized carbons (Fsp3) is 0.562. The molecule has 0 saturated heterocycles. The Morgan fingerprint density at radius 3 is 2.60 bits per heavy atom. The molecule has 1 aromatic rings. The summed E-state index contributed by atoms with van der Waals surface area (Å²) in [5, 5.41) is 3.15.